The van der Waals surface area contributed by atoms with E-state index in [-0.39, 0.29) is 24.5 Å². The minimum atomic E-state index is -0.530. The minimum Gasteiger partial charge on any atom is -0.444 e. The Balaban J connectivity index is 1.86. The molecule has 3 N–H and O–H groups in total. The molecule has 1 heterocycles. The van der Waals surface area contributed by atoms with Crippen molar-refractivity contribution in [1.82, 2.24) is 10.2 Å². The SMILES string of the molecule is CN=C(COCCN(C)C(=O)OC(C)(C)C)/C(=C\N)C1C=C2CC(=O)NC2=CC1. The van der Waals surface area contributed by atoms with Gasteiger partial charge in [0.05, 0.1) is 25.3 Å². The van der Waals surface area contributed by atoms with E-state index in [2.05, 4.69) is 16.4 Å². The summed E-state index contributed by atoms with van der Waals surface area (Å²) < 4.78 is 11.1. The van der Waals surface area contributed by atoms with E-state index in [0.29, 0.717) is 19.6 Å². The molecule has 0 spiro atoms. The van der Waals surface area contributed by atoms with Gasteiger partial charge in [-0.05, 0) is 44.5 Å². The number of carbonyl (C=O) groups excluding carboxylic acids is 2. The molecule has 1 saturated heterocycles. The standard InChI is InChI=1S/C21H32N4O4/c1-21(2,3)29-20(27)25(5)8-9-28-13-18(23-4)16(12-22)14-6-7-17-15(10-14)11-19(26)24-17/h7,10,12,14H,6,8-9,11,13,22H2,1-5H3,(H,24,26)/b16-12-,23-18?. The normalized spacial score (nSPS) is 19.9. The van der Waals surface area contributed by atoms with Crippen molar-refractivity contribution in [2.75, 3.05) is 33.9 Å². The molecule has 0 aromatic carbocycles. The van der Waals surface area contributed by atoms with Gasteiger partial charge in [0.15, 0.2) is 0 Å². The molecule has 0 aromatic rings. The summed E-state index contributed by atoms with van der Waals surface area (Å²) in [5.41, 5.74) is 8.91. The van der Waals surface area contributed by atoms with Crippen LogP contribution in [-0.4, -0.2) is 62.1 Å². The van der Waals surface area contributed by atoms with E-state index in [4.69, 9.17) is 15.2 Å². The number of amides is 2. The third-order valence-corrected chi connectivity index (χ3v) is 4.65. The fourth-order valence-corrected chi connectivity index (χ4v) is 3.16. The third kappa shape index (κ3) is 6.45. The number of likely N-dealkylation sites (N-methyl/N-ethyl adjacent to an activating group) is 1. The molecule has 1 aliphatic carbocycles. The number of hydrogen-bond donors (Lipinski definition) is 2. The predicted octanol–water partition coefficient (Wildman–Crippen LogP) is 2.13. The molecular formula is C21H32N4O4. The van der Waals surface area contributed by atoms with E-state index < -0.39 is 5.60 Å². The van der Waals surface area contributed by atoms with Gasteiger partial charge in [0.1, 0.15) is 5.60 Å². The second-order valence-corrected chi connectivity index (χ2v) is 8.12. The van der Waals surface area contributed by atoms with Gasteiger partial charge in [-0.2, -0.15) is 0 Å². The molecule has 0 aromatic heterocycles. The number of carbonyl (C=O) groups is 2. The highest BCUT2D eigenvalue weighted by Crippen LogP contribution is 2.31. The highest BCUT2D eigenvalue weighted by atomic mass is 16.6. The molecule has 29 heavy (non-hydrogen) atoms. The van der Waals surface area contributed by atoms with Crippen molar-refractivity contribution in [1.29, 1.82) is 0 Å². The first-order chi connectivity index (χ1) is 13.6. The maximum atomic E-state index is 12.0. The molecule has 0 saturated carbocycles. The molecule has 1 aliphatic heterocycles. The van der Waals surface area contributed by atoms with Gasteiger partial charge in [0.25, 0.3) is 0 Å². The summed E-state index contributed by atoms with van der Waals surface area (Å²) in [5.74, 6) is 0.0708. The molecule has 1 fully saturated rings. The minimum absolute atomic E-state index is 0.0169. The van der Waals surface area contributed by atoms with Gasteiger partial charge in [-0.1, -0.05) is 12.2 Å². The van der Waals surface area contributed by atoms with Crippen LogP contribution in [-0.2, 0) is 14.3 Å². The summed E-state index contributed by atoms with van der Waals surface area (Å²) in [5, 5.41) is 2.86. The summed E-state index contributed by atoms with van der Waals surface area (Å²) in [4.78, 5) is 29.4. The highest BCUT2D eigenvalue weighted by Gasteiger charge is 2.27. The fraction of sp³-hybridized carbons (Fsp3) is 0.571. The van der Waals surface area contributed by atoms with Gasteiger partial charge in [-0.25, -0.2) is 4.79 Å². The van der Waals surface area contributed by atoms with Crippen molar-refractivity contribution in [3.05, 3.63) is 35.2 Å². The van der Waals surface area contributed by atoms with Crippen molar-refractivity contribution in [3.63, 3.8) is 0 Å². The number of fused-ring (bicyclic) bond motifs is 1. The summed E-state index contributed by atoms with van der Waals surface area (Å²) in [6.07, 6.45) is 6.41. The van der Waals surface area contributed by atoms with Gasteiger partial charge in [0.2, 0.25) is 5.91 Å². The number of aliphatic imine (C=N–C) groups is 1. The Morgan fingerprint density at radius 3 is 2.79 bits per heavy atom. The van der Waals surface area contributed by atoms with E-state index in [1.807, 2.05) is 26.8 Å². The Hall–Kier alpha value is -2.61. The number of rotatable bonds is 7. The van der Waals surface area contributed by atoms with Gasteiger partial charge >= 0.3 is 6.09 Å². The summed E-state index contributed by atoms with van der Waals surface area (Å²) in [7, 11) is 3.37. The van der Waals surface area contributed by atoms with Gasteiger partial charge < -0.3 is 25.4 Å². The molecule has 2 amide bonds. The zero-order valence-electron chi connectivity index (χ0n) is 17.9. The summed E-state index contributed by atoms with van der Waals surface area (Å²) >= 11 is 0. The first-order valence-corrected chi connectivity index (χ1v) is 9.75. The van der Waals surface area contributed by atoms with Crippen LogP contribution in [0.2, 0.25) is 0 Å². The quantitative estimate of drug-likeness (QED) is 0.499. The zero-order chi connectivity index (χ0) is 21.6. The number of hydrogen-bond acceptors (Lipinski definition) is 6. The van der Waals surface area contributed by atoms with Crippen molar-refractivity contribution < 1.29 is 19.1 Å². The van der Waals surface area contributed by atoms with Crippen molar-refractivity contribution in [2.24, 2.45) is 16.6 Å². The van der Waals surface area contributed by atoms with Crippen LogP contribution < -0.4 is 11.1 Å². The first kappa shape index (κ1) is 22.7. The first-order valence-electron chi connectivity index (χ1n) is 9.75. The Morgan fingerprint density at radius 2 is 2.17 bits per heavy atom. The van der Waals surface area contributed by atoms with E-state index >= 15 is 0 Å². The number of allylic oxidation sites excluding steroid dienone is 3. The average Bonchev–Trinajstić information content (AvgIpc) is 3.01. The third-order valence-electron chi connectivity index (χ3n) is 4.65. The van der Waals surface area contributed by atoms with Gasteiger partial charge in [-0.15, -0.1) is 0 Å². The van der Waals surface area contributed by atoms with Crippen LogP contribution in [0.25, 0.3) is 0 Å². The monoisotopic (exact) mass is 404 g/mol. The van der Waals surface area contributed by atoms with E-state index in [0.717, 1.165) is 29.0 Å². The largest absolute Gasteiger partial charge is 0.444 e. The Kier molecular flexibility index (Phi) is 7.61. The van der Waals surface area contributed by atoms with Crippen molar-refractivity contribution in [3.8, 4) is 0 Å². The van der Waals surface area contributed by atoms with E-state index in [9.17, 15) is 9.59 Å². The van der Waals surface area contributed by atoms with Crippen molar-refractivity contribution in [2.45, 2.75) is 39.2 Å². The lowest BCUT2D eigenvalue weighted by Gasteiger charge is -2.25. The van der Waals surface area contributed by atoms with Gasteiger partial charge in [0, 0.05) is 32.3 Å². The van der Waals surface area contributed by atoms with Gasteiger partial charge in [-0.3, -0.25) is 9.79 Å². The van der Waals surface area contributed by atoms with Crippen molar-refractivity contribution >= 4 is 17.7 Å². The van der Waals surface area contributed by atoms with Crippen LogP contribution in [0, 0.1) is 5.92 Å². The number of nitrogens with one attached hydrogen (secondary N) is 1. The van der Waals surface area contributed by atoms with Crippen LogP contribution in [0.15, 0.2) is 40.2 Å². The second kappa shape index (κ2) is 9.73. The molecular weight excluding hydrogens is 372 g/mol. The zero-order valence-corrected chi connectivity index (χ0v) is 17.9. The van der Waals surface area contributed by atoms with Crippen LogP contribution >= 0.6 is 0 Å². The van der Waals surface area contributed by atoms with E-state index in [1.165, 1.54) is 4.90 Å². The van der Waals surface area contributed by atoms with Crippen LogP contribution in [0.3, 0.4) is 0 Å². The smallest absolute Gasteiger partial charge is 0.410 e. The maximum Gasteiger partial charge on any atom is 0.410 e. The molecule has 160 valence electrons. The number of ether oxygens (including phenoxy) is 2. The highest BCUT2D eigenvalue weighted by molar-refractivity contribution is 6.02. The maximum absolute atomic E-state index is 12.0. The molecule has 0 bridgehead atoms. The van der Waals surface area contributed by atoms with Crippen LogP contribution in [0.1, 0.15) is 33.6 Å². The Bertz CT molecular complexity index is 759. The lowest BCUT2D eigenvalue weighted by molar-refractivity contribution is -0.118. The molecule has 8 heteroatoms. The summed E-state index contributed by atoms with van der Waals surface area (Å²) in [6.45, 7) is 6.53. The van der Waals surface area contributed by atoms with Crippen LogP contribution in [0.5, 0.6) is 0 Å². The number of nitrogens with zero attached hydrogens (tertiary/aromatic N) is 2. The lowest BCUT2D eigenvalue weighted by Crippen LogP contribution is -2.36. The average molecular weight is 405 g/mol. The van der Waals surface area contributed by atoms with E-state index in [1.54, 1.807) is 20.3 Å². The lowest BCUT2D eigenvalue weighted by atomic mass is 9.86. The molecule has 1 unspecified atom stereocenters. The Labute approximate surface area is 172 Å². The summed E-state index contributed by atoms with van der Waals surface area (Å²) in [6, 6.07) is 0. The molecule has 2 aliphatic rings. The molecule has 2 rings (SSSR count). The molecule has 8 nitrogen and oxygen atoms in total. The molecule has 0 radical (unpaired) electrons. The van der Waals surface area contributed by atoms with Crippen LogP contribution in [0.4, 0.5) is 4.79 Å². The number of nitrogens with two attached hydrogens (primary N) is 1. The topological polar surface area (TPSA) is 106 Å². The fourth-order valence-electron chi connectivity index (χ4n) is 3.16. The molecule has 1 atom stereocenters. The predicted molar refractivity (Wildman–Crippen MR) is 112 cm³/mol. The second-order valence-electron chi connectivity index (χ2n) is 8.12. The Morgan fingerprint density at radius 1 is 1.45 bits per heavy atom.